The molecule has 0 fully saturated rings. The maximum atomic E-state index is 7.56. The van der Waals surface area contributed by atoms with Gasteiger partial charge in [-0.05, 0) is 36.7 Å². The molecular formula is C15H29NO2S. The third kappa shape index (κ3) is 7.75. The van der Waals surface area contributed by atoms with Gasteiger partial charge in [0.1, 0.15) is 0 Å². The van der Waals surface area contributed by atoms with Crippen LogP contribution in [0.5, 0.6) is 0 Å². The van der Waals surface area contributed by atoms with Gasteiger partial charge in [-0.2, -0.15) is 11.8 Å². The van der Waals surface area contributed by atoms with Crippen LogP contribution in [0.25, 0.3) is 0 Å². The fourth-order valence-corrected chi connectivity index (χ4v) is 2.63. The van der Waals surface area contributed by atoms with Crippen LogP contribution in [0.1, 0.15) is 26.7 Å². The zero-order valence-electron chi connectivity index (χ0n) is 12.9. The molecule has 0 aromatic carbocycles. The standard InChI is InChI=1S/C15H29NO2S/c1-12(8-6-7-9-19-5)10-13(2)14(11-16)15(17-3)18-4/h6,8,11-16H,7,9-10H2,1-5H3. The Hall–Kier alpha value is -0.320. The van der Waals surface area contributed by atoms with Crippen molar-refractivity contribution in [2.45, 2.75) is 33.0 Å². The van der Waals surface area contributed by atoms with Crippen LogP contribution in [-0.2, 0) is 9.47 Å². The van der Waals surface area contributed by atoms with E-state index in [2.05, 4.69) is 32.3 Å². The number of allylic oxidation sites excluding steroid dienone is 2. The van der Waals surface area contributed by atoms with Gasteiger partial charge in [-0.1, -0.05) is 26.0 Å². The van der Waals surface area contributed by atoms with Crippen LogP contribution < -0.4 is 0 Å². The van der Waals surface area contributed by atoms with Crippen LogP contribution >= 0.6 is 11.8 Å². The van der Waals surface area contributed by atoms with Crippen molar-refractivity contribution in [1.29, 1.82) is 5.41 Å². The summed E-state index contributed by atoms with van der Waals surface area (Å²) in [5.41, 5.74) is 0. The monoisotopic (exact) mass is 287 g/mol. The minimum absolute atomic E-state index is 0.0112. The maximum absolute atomic E-state index is 7.56. The predicted molar refractivity (Wildman–Crippen MR) is 85.2 cm³/mol. The van der Waals surface area contributed by atoms with Gasteiger partial charge in [0.15, 0.2) is 6.29 Å². The number of rotatable bonds is 11. The summed E-state index contributed by atoms with van der Waals surface area (Å²) in [5.74, 6) is 2.07. The third-order valence-corrected chi connectivity index (χ3v) is 3.97. The highest BCUT2D eigenvalue weighted by molar-refractivity contribution is 7.98. The van der Waals surface area contributed by atoms with Crippen LogP contribution in [0.4, 0.5) is 0 Å². The molecule has 0 saturated carbocycles. The zero-order chi connectivity index (χ0) is 14.7. The van der Waals surface area contributed by atoms with Crippen molar-refractivity contribution >= 4 is 18.0 Å². The Bertz CT molecular complexity index is 255. The first kappa shape index (κ1) is 18.7. The molecule has 19 heavy (non-hydrogen) atoms. The zero-order valence-corrected chi connectivity index (χ0v) is 13.7. The molecule has 0 bridgehead atoms. The molecule has 0 aromatic rings. The SMILES string of the molecule is COC(OC)C(C=N)C(C)CC(C)C=CCCSC. The summed E-state index contributed by atoms with van der Waals surface area (Å²) in [6.07, 6.45) is 9.97. The van der Waals surface area contributed by atoms with Crippen LogP contribution in [-0.4, -0.2) is 38.7 Å². The Balaban J connectivity index is 4.27. The summed E-state index contributed by atoms with van der Waals surface area (Å²) in [5, 5.41) is 7.56. The van der Waals surface area contributed by atoms with E-state index < -0.39 is 0 Å². The van der Waals surface area contributed by atoms with E-state index in [1.165, 1.54) is 12.0 Å². The highest BCUT2D eigenvalue weighted by Gasteiger charge is 2.25. The molecule has 4 heteroatoms. The lowest BCUT2D eigenvalue weighted by atomic mass is 9.86. The molecule has 0 heterocycles. The lowest BCUT2D eigenvalue weighted by molar-refractivity contribution is -0.131. The van der Waals surface area contributed by atoms with E-state index in [1.54, 1.807) is 14.2 Å². The molecule has 3 unspecified atom stereocenters. The predicted octanol–water partition coefficient (Wildman–Crippen LogP) is 3.84. The van der Waals surface area contributed by atoms with Gasteiger partial charge in [-0.15, -0.1) is 0 Å². The van der Waals surface area contributed by atoms with Crippen molar-refractivity contribution in [2.24, 2.45) is 17.8 Å². The molecule has 0 spiro atoms. The first-order valence-corrected chi connectivity index (χ1v) is 8.21. The summed E-state index contributed by atoms with van der Waals surface area (Å²) in [4.78, 5) is 0. The van der Waals surface area contributed by atoms with Crippen molar-refractivity contribution in [3.63, 3.8) is 0 Å². The molecular weight excluding hydrogens is 258 g/mol. The van der Waals surface area contributed by atoms with E-state index in [4.69, 9.17) is 14.9 Å². The number of hydrogen-bond donors (Lipinski definition) is 1. The van der Waals surface area contributed by atoms with Gasteiger partial charge in [0, 0.05) is 26.4 Å². The molecule has 0 radical (unpaired) electrons. The molecule has 3 atom stereocenters. The number of nitrogens with one attached hydrogen (secondary N) is 1. The van der Waals surface area contributed by atoms with Crippen molar-refractivity contribution in [2.75, 3.05) is 26.2 Å². The van der Waals surface area contributed by atoms with Crippen molar-refractivity contribution in [3.05, 3.63) is 12.2 Å². The molecule has 0 saturated heterocycles. The van der Waals surface area contributed by atoms with Gasteiger partial charge in [-0.3, -0.25) is 0 Å². The molecule has 0 aromatic heterocycles. The Kier molecular flexibility index (Phi) is 11.3. The van der Waals surface area contributed by atoms with Gasteiger partial charge >= 0.3 is 0 Å². The lowest BCUT2D eigenvalue weighted by Gasteiger charge is -2.27. The number of methoxy groups -OCH3 is 2. The Morgan fingerprint density at radius 3 is 2.32 bits per heavy atom. The first-order valence-electron chi connectivity index (χ1n) is 6.82. The lowest BCUT2D eigenvalue weighted by Crippen LogP contribution is -2.31. The average molecular weight is 287 g/mol. The van der Waals surface area contributed by atoms with Crippen LogP contribution in [0.3, 0.4) is 0 Å². The molecule has 3 nitrogen and oxygen atoms in total. The number of hydrogen-bond acceptors (Lipinski definition) is 4. The fraction of sp³-hybridized carbons (Fsp3) is 0.800. The van der Waals surface area contributed by atoms with E-state index in [0.717, 1.165) is 12.8 Å². The Labute approximate surface area is 122 Å². The quantitative estimate of drug-likeness (QED) is 0.272. The fourth-order valence-electron chi connectivity index (χ4n) is 2.26. The van der Waals surface area contributed by atoms with E-state index in [1.807, 2.05) is 11.8 Å². The Morgan fingerprint density at radius 1 is 1.21 bits per heavy atom. The molecule has 0 rings (SSSR count). The van der Waals surface area contributed by atoms with Crippen molar-refractivity contribution in [1.82, 2.24) is 0 Å². The van der Waals surface area contributed by atoms with Crippen LogP contribution in [0.15, 0.2) is 12.2 Å². The average Bonchev–Trinajstić information content (AvgIpc) is 2.40. The first-order chi connectivity index (χ1) is 9.10. The smallest absolute Gasteiger partial charge is 0.164 e. The van der Waals surface area contributed by atoms with E-state index >= 15 is 0 Å². The second-order valence-corrected chi connectivity index (χ2v) is 5.97. The molecule has 0 aliphatic heterocycles. The van der Waals surface area contributed by atoms with Gasteiger partial charge < -0.3 is 14.9 Å². The second kappa shape index (κ2) is 11.5. The van der Waals surface area contributed by atoms with E-state index in [9.17, 15) is 0 Å². The summed E-state index contributed by atoms with van der Waals surface area (Å²) in [6, 6.07) is 0. The van der Waals surface area contributed by atoms with Crippen LogP contribution in [0, 0.1) is 23.2 Å². The molecule has 1 N–H and O–H groups in total. The molecule has 0 amide bonds. The minimum atomic E-state index is -0.319. The Morgan fingerprint density at radius 2 is 1.84 bits per heavy atom. The number of thioether (sulfide) groups is 1. The van der Waals surface area contributed by atoms with Gasteiger partial charge in [0.05, 0.1) is 0 Å². The molecule has 112 valence electrons. The summed E-state index contributed by atoms with van der Waals surface area (Å²) < 4.78 is 10.5. The minimum Gasteiger partial charge on any atom is -0.355 e. The van der Waals surface area contributed by atoms with Gasteiger partial charge in [-0.25, -0.2) is 0 Å². The largest absolute Gasteiger partial charge is 0.355 e. The maximum Gasteiger partial charge on any atom is 0.164 e. The van der Waals surface area contributed by atoms with Gasteiger partial charge in [0.25, 0.3) is 0 Å². The summed E-state index contributed by atoms with van der Waals surface area (Å²) >= 11 is 1.87. The van der Waals surface area contributed by atoms with Crippen LogP contribution in [0.2, 0.25) is 0 Å². The highest BCUT2D eigenvalue weighted by atomic mass is 32.2. The molecule has 0 aliphatic carbocycles. The van der Waals surface area contributed by atoms with Gasteiger partial charge in [0.2, 0.25) is 0 Å². The van der Waals surface area contributed by atoms with Crippen molar-refractivity contribution in [3.8, 4) is 0 Å². The summed E-state index contributed by atoms with van der Waals surface area (Å²) in [6.45, 7) is 4.38. The second-order valence-electron chi connectivity index (χ2n) is 4.98. The summed E-state index contributed by atoms with van der Waals surface area (Å²) in [7, 11) is 3.26. The molecule has 0 aliphatic rings. The number of ether oxygens (including phenoxy) is 2. The van der Waals surface area contributed by atoms with E-state index in [-0.39, 0.29) is 12.2 Å². The normalized spacial score (nSPS) is 16.7. The highest BCUT2D eigenvalue weighted by Crippen LogP contribution is 2.24. The topological polar surface area (TPSA) is 42.3 Å². The third-order valence-electron chi connectivity index (χ3n) is 3.33. The van der Waals surface area contributed by atoms with Crippen molar-refractivity contribution < 1.29 is 9.47 Å². The van der Waals surface area contributed by atoms with E-state index in [0.29, 0.717) is 11.8 Å².